The third-order valence-electron chi connectivity index (χ3n) is 5.66. The average Bonchev–Trinajstić information content (AvgIpc) is 2.84. The quantitative estimate of drug-likeness (QED) is 0.723. The molecular weight excluding hydrogens is 355 g/mol. The predicted octanol–water partition coefficient (Wildman–Crippen LogP) is 3.50. The fourth-order valence-electron chi connectivity index (χ4n) is 3.29. The maximum Gasteiger partial charge on any atom is 0.514 e. The topological polar surface area (TPSA) is 60.9 Å². The summed E-state index contributed by atoms with van der Waals surface area (Å²) in [6, 6.07) is 0.0520. The van der Waals surface area contributed by atoms with Crippen LogP contribution in [-0.2, 0) is 14.0 Å². The molecule has 2 aliphatic heterocycles. The van der Waals surface area contributed by atoms with Crippen molar-refractivity contribution in [1.82, 2.24) is 9.88 Å². The van der Waals surface area contributed by atoms with Crippen molar-refractivity contribution in [3.05, 3.63) is 23.8 Å². The van der Waals surface area contributed by atoms with Crippen molar-refractivity contribution in [2.45, 2.75) is 84.0 Å². The van der Waals surface area contributed by atoms with Crippen molar-refractivity contribution in [3.8, 4) is 0 Å². The molecule has 1 aromatic rings. The molecule has 3 heterocycles. The predicted molar refractivity (Wildman–Crippen MR) is 110 cm³/mol. The highest BCUT2D eigenvalue weighted by molar-refractivity contribution is 6.61. The molecule has 0 spiro atoms. The Kier molecular flexibility index (Phi) is 4.53. The first-order chi connectivity index (χ1) is 14.1. The normalized spacial score (nSPS) is 23.9. The van der Waals surface area contributed by atoms with E-state index in [4.69, 9.17) is 18.2 Å². The van der Waals surface area contributed by atoms with E-state index in [9.17, 15) is 4.79 Å². The Morgan fingerprint density at radius 2 is 1.82 bits per heavy atom. The summed E-state index contributed by atoms with van der Waals surface area (Å²) in [6.07, 6.45) is 0.634. The number of piperidine rings is 1. The fraction of sp³-hybridized carbons (Fsp3) is 0.714. The van der Waals surface area contributed by atoms with Crippen LogP contribution in [0.3, 0.4) is 0 Å². The van der Waals surface area contributed by atoms with Gasteiger partial charge in [0.25, 0.3) is 0 Å². The second-order valence-corrected chi connectivity index (χ2v) is 9.60. The second kappa shape index (κ2) is 7.34. The number of hydrogen-bond acceptors (Lipinski definition) is 5. The van der Waals surface area contributed by atoms with Crippen molar-refractivity contribution in [3.63, 3.8) is 0 Å². The zero-order valence-corrected chi connectivity index (χ0v) is 18.0. The van der Waals surface area contributed by atoms with Gasteiger partial charge in [-0.25, -0.2) is 4.79 Å². The van der Waals surface area contributed by atoms with Gasteiger partial charge in [-0.15, -0.1) is 0 Å². The van der Waals surface area contributed by atoms with E-state index in [1.165, 1.54) is 0 Å². The number of pyridine rings is 1. The first-order valence-electron chi connectivity index (χ1n) is 11.4. The van der Waals surface area contributed by atoms with E-state index in [0.29, 0.717) is 31.5 Å². The van der Waals surface area contributed by atoms with Crippen LogP contribution < -0.4 is 5.59 Å². The Bertz CT molecular complexity index is 849. The molecular formula is C21H33BN2O4. The van der Waals surface area contributed by atoms with Crippen LogP contribution in [-0.4, -0.2) is 53.0 Å². The van der Waals surface area contributed by atoms with Crippen LogP contribution in [0.2, 0.25) is 0 Å². The lowest BCUT2D eigenvalue weighted by atomic mass is 9.81. The summed E-state index contributed by atoms with van der Waals surface area (Å²) in [6.45, 7) is 14.1. The van der Waals surface area contributed by atoms with Gasteiger partial charge in [0.05, 0.1) is 20.9 Å². The summed E-state index contributed by atoms with van der Waals surface area (Å²) < 4.78 is 42.9. The minimum absolute atomic E-state index is 0.0408. The SMILES string of the molecule is [2H]c1nc(B2OC(C)(C)C(C)(C)O2)c([2H])c(C2CCN(C(=O)OC(C)(C)C)CC2)c1[2H]. The molecule has 0 radical (unpaired) electrons. The summed E-state index contributed by atoms with van der Waals surface area (Å²) in [4.78, 5) is 18.2. The molecule has 0 unspecified atom stereocenters. The summed E-state index contributed by atoms with van der Waals surface area (Å²) >= 11 is 0. The molecule has 3 rings (SSSR count). The highest BCUT2D eigenvalue weighted by Crippen LogP contribution is 2.36. The molecule has 2 fully saturated rings. The Balaban J connectivity index is 1.83. The molecule has 0 N–H and O–H groups in total. The smallest absolute Gasteiger partial charge is 0.444 e. The summed E-state index contributed by atoms with van der Waals surface area (Å²) in [5, 5.41) is 0. The van der Waals surface area contributed by atoms with Crippen molar-refractivity contribution < 1.29 is 23.0 Å². The van der Waals surface area contributed by atoms with Gasteiger partial charge in [-0.3, -0.25) is 4.98 Å². The van der Waals surface area contributed by atoms with Gasteiger partial charge in [0.2, 0.25) is 0 Å². The number of nitrogens with zero attached hydrogens (tertiary/aromatic N) is 2. The summed E-state index contributed by atoms with van der Waals surface area (Å²) in [5.74, 6) is -0.119. The Labute approximate surface area is 173 Å². The van der Waals surface area contributed by atoms with Gasteiger partial charge in [-0.2, -0.15) is 0 Å². The largest absolute Gasteiger partial charge is 0.514 e. The number of likely N-dealkylation sites (tertiary alicyclic amines) is 1. The lowest BCUT2D eigenvalue weighted by Gasteiger charge is -2.33. The molecule has 2 saturated heterocycles. The lowest BCUT2D eigenvalue weighted by Crippen LogP contribution is -2.41. The van der Waals surface area contributed by atoms with Crippen LogP contribution in [0, 0.1) is 0 Å². The Morgan fingerprint density at radius 3 is 2.36 bits per heavy atom. The van der Waals surface area contributed by atoms with Crippen LogP contribution in [0.5, 0.6) is 0 Å². The van der Waals surface area contributed by atoms with Crippen molar-refractivity contribution in [1.29, 1.82) is 0 Å². The molecule has 28 heavy (non-hydrogen) atoms. The summed E-state index contributed by atoms with van der Waals surface area (Å²) in [5.41, 5.74) is -1.02. The molecule has 0 bridgehead atoms. The van der Waals surface area contributed by atoms with E-state index in [1.807, 2.05) is 48.5 Å². The second-order valence-electron chi connectivity index (χ2n) is 9.60. The first-order valence-corrected chi connectivity index (χ1v) is 9.94. The molecule has 2 aliphatic rings. The fourth-order valence-corrected chi connectivity index (χ4v) is 3.29. The molecule has 154 valence electrons. The molecule has 1 aromatic heterocycles. The van der Waals surface area contributed by atoms with Crippen LogP contribution in [0.4, 0.5) is 4.79 Å². The van der Waals surface area contributed by atoms with Crippen LogP contribution in [0.25, 0.3) is 0 Å². The van der Waals surface area contributed by atoms with E-state index >= 15 is 0 Å². The Morgan fingerprint density at radius 1 is 1.25 bits per heavy atom. The zero-order chi connectivity index (χ0) is 23.4. The van der Waals surface area contributed by atoms with E-state index in [1.54, 1.807) is 4.90 Å². The molecule has 1 amide bonds. The number of carbonyl (C=O) groups is 1. The monoisotopic (exact) mass is 391 g/mol. The maximum absolute atomic E-state index is 12.4. The highest BCUT2D eigenvalue weighted by Gasteiger charge is 2.52. The molecule has 7 heteroatoms. The van der Waals surface area contributed by atoms with Gasteiger partial charge in [0, 0.05) is 19.3 Å². The third kappa shape index (κ3) is 4.52. The minimum Gasteiger partial charge on any atom is -0.444 e. The number of aromatic nitrogens is 1. The first kappa shape index (κ1) is 17.3. The molecule has 0 aromatic carbocycles. The van der Waals surface area contributed by atoms with Crippen molar-refractivity contribution in [2.75, 3.05) is 13.1 Å². The van der Waals surface area contributed by atoms with Crippen LogP contribution >= 0.6 is 0 Å². The van der Waals surface area contributed by atoms with Crippen molar-refractivity contribution in [2.24, 2.45) is 0 Å². The van der Waals surface area contributed by atoms with E-state index in [-0.39, 0.29) is 35.9 Å². The van der Waals surface area contributed by atoms with Crippen LogP contribution in [0.1, 0.15) is 76.9 Å². The number of amides is 1. The maximum atomic E-state index is 12.4. The number of hydrogen-bond donors (Lipinski definition) is 0. The van der Waals surface area contributed by atoms with Gasteiger partial charge >= 0.3 is 13.2 Å². The van der Waals surface area contributed by atoms with Crippen molar-refractivity contribution >= 4 is 18.8 Å². The van der Waals surface area contributed by atoms with E-state index in [2.05, 4.69) is 4.98 Å². The van der Waals surface area contributed by atoms with Gasteiger partial charge in [-0.05, 0) is 84.9 Å². The molecule has 0 atom stereocenters. The Hall–Kier alpha value is -1.60. The average molecular weight is 391 g/mol. The number of carbonyl (C=O) groups excluding carboxylic acids is 1. The number of rotatable bonds is 2. The highest BCUT2D eigenvalue weighted by atomic mass is 16.7. The van der Waals surface area contributed by atoms with E-state index < -0.39 is 23.9 Å². The van der Waals surface area contributed by atoms with Gasteiger partial charge in [0.1, 0.15) is 5.60 Å². The standard InChI is InChI=1S/C21H33BN2O4/c1-19(2,3)26-18(25)24-12-9-15(10-13-24)16-8-11-23-17(14-16)22-27-20(4,5)21(6,7)28-22/h8,11,14-15H,9-10,12-13H2,1-7H3/i8D,11D,14D. The van der Waals surface area contributed by atoms with E-state index in [0.717, 1.165) is 0 Å². The molecule has 6 nitrogen and oxygen atoms in total. The number of ether oxygens (including phenoxy) is 1. The van der Waals surface area contributed by atoms with Gasteiger partial charge in [-0.1, -0.05) is 0 Å². The third-order valence-corrected chi connectivity index (χ3v) is 5.66. The van der Waals surface area contributed by atoms with Crippen LogP contribution in [0.15, 0.2) is 18.3 Å². The molecule has 0 saturated carbocycles. The minimum atomic E-state index is -0.859. The summed E-state index contributed by atoms with van der Waals surface area (Å²) in [7, 11) is -0.859. The van der Waals surface area contributed by atoms with Gasteiger partial charge < -0.3 is 18.9 Å². The molecule has 0 aliphatic carbocycles. The zero-order valence-electron chi connectivity index (χ0n) is 21.0. The lowest BCUT2D eigenvalue weighted by molar-refractivity contribution is 0.00578. The van der Waals surface area contributed by atoms with Gasteiger partial charge in [0.15, 0.2) is 0 Å².